The summed E-state index contributed by atoms with van der Waals surface area (Å²) >= 11 is 0. The molecule has 0 bridgehead atoms. The summed E-state index contributed by atoms with van der Waals surface area (Å²) in [5, 5.41) is 7.34. The second-order valence-electron chi connectivity index (χ2n) is 4.79. The maximum Gasteiger partial charge on any atom is 0.153 e. The maximum atomic E-state index is 13.5. The Hall–Kier alpha value is -2.69. The number of rotatable bonds is 4. The Bertz CT molecular complexity index is 721. The van der Waals surface area contributed by atoms with E-state index in [0.29, 0.717) is 12.1 Å². The molecule has 0 atom stereocenters. The largest absolute Gasteiger partial charge is 0.380 e. The molecule has 1 aromatic carbocycles. The van der Waals surface area contributed by atoms with E-state index in [1.54, 1.807) is 36.1 Å². The van der Waals surface area contributed by atoms with Crippen LogP contribution < -0.4 is 5.32 Å². The van der Waals surface area contributed by atoms with Gasteiger partial charge < -0.3 is 5.32 Å². The minimum Gasteiger partial charge on any atom is -0.380 e. The van der Waals surface area contributed by atoms with Crippen LogP contribution in [0, 0.1) is 12.7 Å². The van der Waals surface area contributed by atoms with Crippen molar-refractivity contribution in [3.05, 3.63) is 71.9 Å². The summed E-state index contributed by atoms with van der Waals surface area (Å²) in [7, 11) is 0. The summed E-state index contributed by atoms with van der Waals surface area (Å²) in [5.74, 6) is 0.577. The van der Waals surface area contributed by atoms with Gasteiger partial charge in [-0.15, -0.1) is 0 Å². The number of nitrogens with zero attached hydrogens (tertiary/aromatic N) is 3. The lowest BCUT2D eigenvalue weighted by Gasteiger charge is -2.08. The molecule has 0 radical (unpaired) electrons. The number of hydrogen-bond donors (Lipinski definition) is 1. The van der Waals surface area contributed by atoms with Crippen molar-refractivity contribution in [3.63, 3.8) is 0 Å². The number of aromatic nitrogens is 3. The first-order valence-corrected chi connectivity index (χ1v) is 6.67. The lowest BCUT2D eigenvalue weighted by molar-refractivity contribution is 0.616. The van der Waals surface area contributed by atoms with Crippen LogP contribution in [0.5, 0.6) is 0 Å². The minimum absolute atomic E-state index is 0.179. The Morgan fingerprint density at radius 1 is 1.24 bits per heavy atom. The third kappa shape index (κ3) is 3.08. The van der Waals surface area contributed by atoms with Gasteiger partial charge in [-0.2, -0.15) is 5.10 Å². The molecule has 2 aromatic heterocycles. The molecule has 0 saturated heterocycles. The Balaban J connectivity index is 1.66. The zero-order valence-electron chi connectivity index (χ0n) is 11.6. The van der Waals surface area contributed by atoms with Gasteiger partial charge in [-0.05, 0) is 42.3 Å². The zero-order chi connectivity index (χ0) is 14.7. The molecule has 3 rings (SSSR count). The molecular weight excluding hydrogens is 267 g/mol. The first kappa shape index (κ1) is 13.3. The van der Waals surface area contributed by atoms with E-state index in [4.69, 9.17) is 0 Å². The highest BCUT2D eigenvalue weighted by Crippen LogP contribution is 2.13. The first-order chi connectivity index (χ1) is 10.2. The summed E-state index contributed by atoms with van der Waals surface area (Å²) in [6.45, 7) is 2.31. The fourth-order valence-corrected chi connectivity index (χ4v) is 1.98. The number of anilines is 1. The summed E-state index contributed by atoms with van der Waals surface area (Å²) < 4.78 is 15.2. The van der Waals surface area contributed by atoms with Crippen molar-refractivity contribution in [1.82, 2.24) is 14.8 Å². The second kappa shape index (κ2) is 5.75. The topological polar surface area (TPSA) is 42.7 Å². The maximum absolute atomic E-state index is 13.5. The molecule has 0 unspecified atom stereocenters. The quantitative estimate of drug-likeness (QED) is 0.798. The Morgan fingerprint density at radius 3 is 2.81 bits per heavy atom. The van der Waals surface area contributed by atoms with Crippen LogP contribution >= 0.6 is 0 Å². The molecule has 2 heterocycles. The SMILES string of the molecule is Cc1ccc(CNc2ccc(-n3cccn3)nc2)cc1F. The van der Waals surface area contributed by atoms with Crippen LogP contribution in [-0.4, -0.2) is 14.8 Å². The molecule has 5 heteroatoms. The molecule has 4 nitrogen and oxygen atoms in total. The van der Waals surface area contributed by atoms with Crippen molar-refractivity contribution in [3.8, 4) is 5.82 Å². The zero-order valence-corrected chi connectivity index (χ0v) is 11.6. The number of benzene rings is 1. The normalized spacial score (nSPS) is 10.6. The first-order valence-electron chi connectivity index (χ1n) is 6.67. The average molecular weight is 282 g/mol. The number of nitrogens with one attached hydrogen (secondary N) is 1. The van der Waals surface area contributed by atoms with E-state index in [0.717, 1.165) is 17.1 Å². The van der Waals surface area contributed by atoms with Gasteiger partial charge in [0.05, 0.1) is 11.9 Å². The Morgan fingerprint density at radius 2 is 2.14 bits per heavy atom. The molecular formula is C16H15FN4. The van der Waals surface area contributed by atoms with Crippen LogP contribution in [0.25, 0.3) is 5.82 Å². The van der Waals surface area contributed by atoms with E-state index >= 15 is 0 Å². The Kier molecular flexibility index (Phi) is 3.64. The predicted molar refractivity (Wildman–Crippen MR) is 79.8 cm³/mol. The number of aryl methyl sites for hydroxylation is 1. The highest BCUT2D eigenvalue weighted by atomic mass is 19.1. The summed E-state index contributed by atoms with van der Waals surface area (Å²) in [5.41, 5.74) is 2.44. The Labute approximate surface area is 122 Å². The number of halogens is 1. The van der Waals surface area contributed by atoms with Crippen molar-refractivity contribution < 1.29 is 4.39 Å². The lowest BCUT2D eigenvalue weighted by Crippen LogP contribution is -2.02. The van der Waals surface area contributed by atoms with Gasteiger partial charge in [-0.1, -0.05) is 12.1 Å². The van der Waals surface area contributed by atoms with Gasteiger partial charge in [0.25, 0.3) is 0 Å². The van der Waals surface area contributed by atoms with E-state index in [2.05, 4.69) is 15.4 Å². The van der Waals surface area contributed by atoms with Crippen LogP contribution in [-0.2, 0) is 6.54 Å². The number of pyridine rings is 1. The van der Waals surface area contributed by atoms with Gasteiger partial charge in [0.15, 0.2) is 5.82 Å². The highest BCUT2D eigenvalue weighted by molar-refractivity contribution is 5.44. The summed E-state index contributed by atoms with van der Waals surface area (Å²) in [4.78, 5) is 4.33. The smallest absolute Gasteiger partial charge is 0.153 e. The van der Waals surface area contributed by atoms with Crippen LogP contribution in [0.2, 0.25) is 0 Å². The molecule has 0 aliphatic rings. The van der Waals surface area contributed by atoms with Gasteiger partial charge in [0.2, 0.25) is 0 Å². The van der Waals surface area contributed by atoms with E-state index in [1.807, 2.05) is 30.5 Å². The van der Waals surface area contributed by atoms with Crippen molar-refractivity contribution in [1.29, 1.82) is 0 Å². The minimum atomic E-state index is -0.179. The second-order valence-corrected chi connectivity index (χ2v) is 4.79. The van der Waals surface area contributed by atoms with E-state index in [-0.39, 0.29) is 5.82 Å². The van der Waals surface area contributed by atoms with Gasteiger partial charge in [-0.3, -0.25) is 0 Å². The fraction of sp³-hybridized carbons (Fsp3) is 0.125. The predicted octanol–water partition coefficient (Wildman–Crippen LogP) is 3.33. The molecule has 0 amide bonds. The van der Waals surface area contributed by atoms with Crippen LogP contribution in [0.4, 0.5) is 10.1 Å². The average Bonchev–Trinajstić information content (AvgIpc) is 3.03. The third-order valence-electron chi connectivity index (χ3n) is 3.22. The van der Waals surface area contributed by atoms with Gasteiger partial charge >= 0.3 is 0 Å². The molecule has 0 fully saturated rings. The summed E-state index contributed by atoms with van der Waals surface area (Å²) in [6.07, 6.45) is 5.28. The van der Waals surface area contributed by atoms with Crippen molar-refractivity contribution >= 4 is 5.69 Å². The van der Waals surface area contributed by atoms with Crippen LogP contribution in [0.1, 0.15) is 11.1 Å². The highest BCUT2D eigenvalue weighted by Gasteiger charge is 2.01. The van der Waals surface area contributed by atoms with Crippen molar-refractivity contribution in [2.45, 2.75) is 13.5 Å². The monoisotopic (exact) mass is 282 g/mol. The van der Waals surface area contributed by atoms with Crippen molar-refractivity contribution in [2.24, 2.45) is 0 Å². The van der Waals surface area contributed by atoms with Crippen LogP contribution in [0.3, 0.4) is 0 Å². The van der Waals surface area contributed by atoms with Gasteiger partial charge in [0, 0.05) is 18.9 Å². The van der Waals surface area contributed by atoms with Crippen molar-refractivity contribution in [2.75, 3.05) is 5.32 Å². The van der Waals surface area contributed by atoms with Crippen LogP contribution in [0.15, 0.2) is 55.0 Å². The molecule has 1 N–H and O–H groups in total. The molecule has 106 valence electrons. The lowest BCUT2D eigenvalue weighted by atomic mass is 10.1. The molecule has 0 saturated carbocycles. The molecule has 3 aromatic rings. The molecule has 0 aliphatic heterocycles. The van der Waals surface area contributed by atoms with E-state index in [9.17, 15) is 4.39 Å². The number of hydrogen-bond acceptors (Lipinski definition) is 3. The standard InChI is InChI=1S/C16H15FN4/c1-12-3-4-13(9-15(12)17)10-18-14-5-6-16(19-11-14)21-8-2-7-20-21/h2-9,11,18H,10H2,1H3. The molecule has 0 spiro atoms. The van der Waals surface area contributed by atoms with Gasteiger partial charge in [-0.25, -0.2) is 14.1 Å². The third-order valence-corrected chi connectivity index (χ3v) is 3.22. The molecule has 21 heavy (non-hydrogen) atoms. The molecule has 0 aliphatic carbocycles. The fourth-order valence-electron chi connectivity index (χ4n) is 1.98. The van der Waals surface area contributed by atoms with E-state index < -0.39 is 0 Å². The van der Waals surface area contributed by atoms with E-state index in [1.165, 1.54) is 0 Å². The van der Waals surface area contributed by atoms with Gasteiger partial charge in [0.1, 0.15) is 5.82 Å². The summed E-state index contributed by atoms with van der Waals surface area (Å²) in [6, 6.07) is 10.9.